The average molecular weight is 351 g/mol. The summed E-state index contributed by atoms with van der Waals surface area (Å²) in [6.07, 6.45) is 1.60. The SMILES string of the molecule is COc1cccc(F)c1CNc1ccc(Br)c2nncn12. The predicted molar refractivity (Wildman–Crippen MR) is 81.0 cm³/mol. The van der Waals surface area contributed by atoms with Crippen molar-refractivity contribution in [3.05, 3.63) is 52.5 Å². The van der Waals surface area contributed by atoms with Crippen molar-refractivity contribution in [3.63, 3.8) is 0 Å². The van der Waals surface area contributed by atoms with Gasteiger partial charge in [0, 0.05) is 12.1 Å². The summed E-state index contributed by atoms with van der Waals surface area (Å²) in [6.45, 7) is 0.296. The second kappa shape index (κ2) is 5.69. The molecule has 2 heterocycles. The zero-order valence-electron chi connectivity index (χ0n) is 11.2. The Morgan fingerprint density at radius 1 is 1.33 bits per heavy atom. The van der Waals surface area contributed by atoms with Gasteiger partial charge in [-0.2, -0.15) is 0 Å². The lowest BCUT2D eigenvalue weighted by atomic mass is 10.2. The van der Waals surface area contributed by atoms with Crippen LogP contribution in [0.1, 0.15) is 5.56 Å². The first kappa shape index (κ1) is 13.8. The van der Waals surface area contributed by atoms with E-state index in [4.69, 9.17) is 4.74 Å². The minimum atomic E-state index is -0.307. The van der Waals surface area contributed by atoms with E-state index in [9.17, 15) is 4.39 Å². The molecule has 1 aromatic carbocycles. The molecule has 0 radical (unpaired) electrons. The Labute approximate surface area is 128 Å². The molecule has 7 heteroatoms. The quantitative estimate of drug-likeness (QED) is 0.784. The first-order valence-corrected chi connectivity index (χ1v) is 7.03. The third-order valence-corrected chi connectivity index (χ3v) is 3.77. The van der Waals surface area contributed by atoms with Crippen LogP contribution in [0.4, 0.5) is 10.2 Å². The molecule has 0 amide bonds. The fourth-order valence-corrected chi connectivity index (χ4v) is 2.51. The van der Waals surface area contributed by atoms with Crippen LogP contribution in [0.3, 0.4) is 0 Å². The summed E-state index contributed by atoms with van der Waals surface area (Å²) in [4.78, 5) is 0. The molecule has 21 heavy (non-hydrogen) atoms. The minimum Gasteiger partial charge on any atom is -0.496 e. The van der Waals surface area contributed by atoms with E-state index in [1.54, 1.807) is 22.9 Å². The Balaban J connectivity index is 1.91. The van der Waals surface area contributed by atoms with Gasteiger partial charge in [-0.15, -0.1) is 10.2 Å². The molecule has 0 spiro atoms. The van der Waals surface area contributed by atoms with E-state index >= 15 is 0 Å². The Morgan fingerprint density at radius 3 is 3.00 bits per heavy atom. The highest BCUT2D eigenvalue weighted by Gasteiger charge is 2.10. The van der Waals surface area contributed by atoms with E-state index in [1.807, 2.05) is 12.1 Å². The number of methoxy groups -OCH3 is 1. The van der Waals surface area contributed by atoms with Crippen LogP contribution in [0.5, 0.6) is 5.75 Å². The number of ether oxygens (including phenoxy) is 1. The van der Waals surface area contributed by atoms with Crippen LogP contribution in [-0.2, 0) is 6.54 Å². The fraction of sp³-hybridized carbons (Fsp3) is 0.143. The second-order valence-electron chi connectivity index (χ2n) is 4.37. The number of nitrogens with one attached hydrogen (secondary N) is 1. The summed E-state index contributed by atoms with van der Waals surface area (Å²) < 4.78 is 21.7. The number of pyridine rings is 1. The normalized spacial score (nSPS) is 10.8. The molecule has 2 aromatic heterocycles. The van der Waals surface area contributed by atoms with E-state index in [1.165, 1.54) is 13.2 Å². The van der Waals surface area contributed by atoms with Gasteiger partial charge in [0.2, 0.25) is 0 Å². The summed E-state index contributed by atoms with van der Waals surface area (Å²) in [5.41, 5.74) is 1.17. The van der Waals surface area contributed by atoms with E-state index < -0.39 is 0 Å². The number of nitrogens with zero attached hydrogens (tertiary/aromatic N) is 3. The van der Waals surface area contributed by atoms with Gasteiger partial charge >= 0.3 is 0 Å². The molecule has 0 saturated carbocycles. The third kappa shape index (κ3) is 2.56. The largest absolute Gasteiger partial charge is 0.496 e. The Bertz CT molecular complexity index is 790. The number of anilines is 1. The average Bonchev–Trinajstić information content (AvgIpc) is 2.98. The lowest BCUT2D eigenvalue weighted by Crippen LogP contribution is -2.07. The standard InChI is InChI=1S/C14H12BrFN4O/c1-21-12-4-2-3-11(16)9(12)7-17-13-6-5-10(15)14-19-18-8-20(13)14/h2-6,8,17H,7H2,1H3. The van der Waals surface area contributed by atoms with E-state index in [0.717, 1.165) is 10.3 Å². The minimum absolute atomic E-state index is 0.296. The molecule has 0 aliphatic carbocycles. The molecular formula is C14H12BrFN4O. The van der Waals surface area contributed by atoms with Crippen molar-refractivity contribution in [1.29, 1.82) is 0 Å². The topological polar surface area (TPSA) is 51.5 Å². The van der Waals surface area contributed by atoms with Gasteiger partial charge < -0.3 is 10.1 Å². The smallest absolute Gasteiger partial charge is 0.176 e. The molecule has 0 saturated heterocycles. The monoisotopic (exact) mass is 350 g/mol. The maximum Gasteiger partial charge on any atom is 0.176 e. The van der Waals surface area contributed by atoms with Gasteiger partial charge in [0.05, 0.1) is 11.6 Å². The molecule has 3 aromatic rings. The molecule has 108 valence electrons. The van der Waals surface area contributed by atoms with Gasteiger partial charge in [-0.1, -0.05) is 6.07 Å². The Hall–Kier alpha value is -2.15. The van der Waals surface area contributed by atoms with Crippen molar-refractivity contribution in [2.24, 2.45) is 0 Å². The lowest BCUT2D eigenvalue weighted by Gasteiger charge is -2.12. The van der Waals surface area contributed by atoms with Gasteiger partial charge in [-0.3, -0.25) is 4.40 Å². The summed E-state index contributed by atoms with van der Waals surface area (Å²) in [5.74, 6) is 0.974. The number of aromatic nitrogens is 3. The van der Waals surface area contributed by atoms with Crippen molar-refractivity contribution in [2.75, 3.05) is 12.4 Å². The van der Waals surface area contributed by atoms with E-state index in [-0.39, 0.29) is 5.82 Å². The van der Waals surface area contributed by atoms with Crippen molar-refractivity contribution in [3.8, 4) is 5.75 Å². The van der Waals surface area contributed by atoms with Crippen LogP contribution in [0, 0.1) is 5.82 Å². The fourth-order valence-electron chi connectivity index (χ4n) is 2.11. The van der Waals surface area contributed by atoms with Crippen molar-refractivity contribution < 1.29 is 9.13 Å². The number of hydrogen-bond donors (Lipinski definition) is 1. The summed E-state index contributed by atoms with van der Waals surface area (Å²) in [7, 11) is 1.52. The zero-order chi connectivity index (χ0) is 14.8. The van der Waals surface area contributed by atoms with Gasteiger partial charge in [0.1, 0.15) is 23.7 Å². The highest BCUT2D eigenvalue weighted by atomic mass is 79.9. The number of rotatable bonds is 4. The molecule has 1 N–H and O–H groups in total. The first-order chi connectivity index (χ1) is 10.2. The highest BCUT2D eigenvalue weighted by molar-refractivity contribution is 9.10. The van der Waals surface area contributed by atoms with Crippen LogP contribution < -0.4 is 10.1 Å². The number of halogens is 2. The third-order valence-electron chi connectivity index (χ3n) is 3.15. The van der Waals surface area contributed by atoms with Crippen LogP contribution in [0.2, 0.25) is 0 Å². The Morgan fingerprint density at radius 2 is 2.19 bits per heavy atom. The molecule has 0 atom stereocenters. The van der Waals surface area contributed by atoms with Gasteiger partial charge in [-0.25, -0.2) is 4.39 Å². The number of hydrogen-bond acceptors (Lipinski definition) is 4. The lowest BCUT2D eigenvalue weighted by molar-refractivity contribution is 0.405. The molecule has 0 fully saturated rings. The second-order valence-corrected chi connectivity index (χ2v) is 5.22. The molecule has 0 aliphatic heterocycles. The van der Waals surface area contributed by atoms with Crippen LogP contribution >= 0.6 is 15.9 Å². The molecule has 0 unspecified atom stereocenters. The Kier molecular flexibility index (Phi) is 3.74. The van der Waals surface area contributed by atoms with Crippen LogP contribution in [-0.4, -0.2) is 21.7 Å². The predicted octanol–water partition coefficient (Wildman–Crippen LogP) is 3.25. The first-order valence-electron chi connectivity index (χ1n) is 6.24. The maximum atomic E-state index is 13.9. The molecule has 0 bridgehead atoms. The van der Waals surface area contributed by atoms with Crippen LogP contribution in [0.25, 0.3) is 5.65 Å². The van der Waals surface area contributed by atoms with Crippen LogP contribution in [0.15, 0.2) is 41.1 Å². The van der Waals surface area contributed by atoms with Gasteiger partial charge in [-0.05, 0) is 40.2 Å². The summed E-state index contributed by atoms with van der Waals surface area (Å²) >= 11 is 3.41. The summed E-state index contributed by atoms with van der Waals surface area (Å²) in [6, 6.07) is 8.50. The maximum absolute atomic E-state index is 13.9. The molecule has 5 nitrogen and oxygen atoms in total. The van der Waals surface area contributed by atoms with Gasteiger partial charge in [0.15, 0.2) is 5.65 Å². The van der Waals surface area contributed by atoms with Crippen molar-refractivity contribution in [1.82, 2.24) is 14.6 Å². The van der Waals surface area contributed by atoms with E-state index in [2.05, 4.69) is 31.4 Å². The highest BCUT2D eigenvalue weighted by Crippen LogP contribution is 2.24. The van der Waals surface area contributed by atoms with Gasteiger partial charge in [0.25, 0.3) is 0 Å². The van der Waals surface area contributed by atoms with E-state index in [0.29, 0.717) is 23.5 Å². The molecule has 0 aliphatic rings. The zero-order valence-corrected chi connectivity index (χ0v) is 12.8. The van der Waals surface area contributed by atoms with Crippen molar-refractivity contribution >= 4 is 27.4 Å². The van der Waals surface area contributed by atoms with Crippen molar-refractivity contribution in [2.45, 2.75) is 6.54 Å². The molecular weight excluding hydrogens is 339 g/mol. The number of fused-ring (bicyclic) bond motifs is 1. The summed E-state index contributed by atoms with van der Waals surface area (Å²) in [5, 5.41) is 11.1. The number of benzene rings is 1. The molecule has 3 rings (SSSR count).